The molecule has 0 radical (unpaired) electrons. The van der Waals surface area contributed by atoms with E-state index < -0.39 is 5.82 Å². The van der Waals surface area contributed by atoms with Crippen LogP contribution in [-0.4, -0.2) is 31.0 Å². The maximum Gasteiger partial charge on any atom is 0.256 e. The molecule has 0 N–H and O–H groups in total. The van der Waals surface area contributed by atoms with Gasteiger partial charge < -0.3 is 9.64 Å². The molecule has 23 heavy (non-hydrogen) atoms. The molecule has 1 heterocycles. The Labute approximate surface area is 133 Å². The van der Waals surface area contributed by atoms with Gasteiger partial charge in [0.1, 0.15) is 17.4 Å². The fourth-order valence-corrected chi connectivity index (χ4v) is 2.94. The molecular weight excluding hydrogens is 300 g/mol. The molecule has 2 aromatic carbocycles. The van der Waals surface area contributed by atoms with E-state index in [1.807, 2.05) is 6.07 Å². The molecule has 5 heteroatoms. The minimum Gasteiger partial charge on any atom is -0.497 e. The van der Waals surface area contributed by atoms with Crippen molar-refractivity contribution in [2.75, 3.05) is 20.2 Å². The molecule has 0 unspecified atom stereocenters. The minimum absolute atomic E-state index is 0.0330. The molecule has 2 aromatic rings. The van der Waals surface area contributed by atoms with Gasteiger partial charge in [0.05, 0.1) is 12.7 Å². The number of methoxy groups -OCH3 is 1. The molecule has 1 saturated heterocycles. The van der Waals surface area contributed by atoms with Gasteiger partial charge >= 0.3 is 0 Å². The largest absolute Gasteiger partial charge is 0.497 e. The standard InChI is InChI=1S/C18H17F2NO2/c1-23-15-5-6-16(17(20)10-15)18(22)21-8-7-13(11-21)12-3-2-4-14(19)9-12/h2-6,9-10,13H,7-8,11H2,1H3/t13-/m1/s1. The van der Waals surface area contributed by atoms with Gasteiger partial charge in [-0.2, -0.15) is 0 Å². The zero-order valence-electron chi connectivity index (χ0n) is 12.8. The summed E-state index contributed by atoms with van der Waals surface area (Å²) in [5, 5.41) is 0. The van der Waals surface area contributed by atoms with Crippen molar-refractivity contribution in [2.45, 2.75) is 12.3 Å². The highest BCUT2D eigenvalue weighted by Crippen LogP contribution is 2.29. The van der Waals surface area contributed by atoms with Crippen LogP contribution in [0.1, 0.15) is 28.3 Å². The zero-order chi connectivity index (χ0) is 16.4. The van der Waals surface area contributed by atoms with Crippen LogP contribution in [0.5, 0.6) is 5.75 Å². The number of amides is 1. The van der Waals surface area contributed by atoms with Crippen LogP contribution in [0.2, 0.25) is 0 Å². The average Bonchev–Trinajstić information content (AvgIpc) is 3.04. The van der Waals surface area contributed by atoms with Gasteiger partial charge in [-0.3, -0.25) is 4.79 Å². The van der Waals surface area contributed by atoms with Gasteiger partial charge in [-0.25, -0.2) is 8.78 Å². The summed E-state index contributed by atoms with van der Waals surface area (Å²) in [5.41, 5.74) is 0.904. The summed E-state index contributed by atoms with van der Waals surface area (Å²) in [6.45, 7) is 0.999. The number of rotatable bonds is 3. The molecule has 0 spiro atoms. The van der Waals surface area contributed by atoms with E-state index in [1.165, 1.54) is 31.4 Å². The quantitative estimate of drug-likeness (QED) is 0.865. The lowest BCUT2D eigenvalue weighted by Crippen LogP contribution is -2.29. The van der Waals surface area contributed by atoms with E-state index in [1.54, 1.807) is 17.0 Å². The molecule has 0 bridgehead atoms. The molecule has 120 valence electrons. The van der Waals surface area contributed by atoms with Gasteiger partial charge in [-0.1, -0.05) is 12.1 Å². The van der Waals surface area contributed by atoms with E-state index in [9.17, 15) is 13.6 Å². The number of benzene rings is 2. The Morgan fingerprint density at radius 2 is 2.04 bits per heavy atom. The van der Waals surface area contributed by atoms with Gasteiger partial charge in [0.2, 0.25) is 0 Å². The number of carbonyl (C=O) groups is 1. The van der Waals surface area contributed by atoms with Crippen molar-refractivity contribution in [3.63, 3.8) is 0 Å². The molecule has 1 fully saturated rings. The topological polar surface area (TPSA) is 29.5 Å². The lowest BCUT2D eigenvalue weighted by molar-refractivity contribution is 0.0786. The molecule has 1 aliphatic heterocycles. The van der Waals surface area contributed by atoms with E-state index in [2.05, 4.69) is 0 Å². The van der Waals surface area contributed by atoms with Crippen LogP contribution >= 0.6 is 0 Å². The van der Waals surface area contributed by atoms with Crippen LogP contribution in [0, 0.1) is 11.6 Å². The predicted octanol–water partition coefficient (Wildman–Crippen LogP) is 3.60. The van der Waals surface area contributed by atoms with Crippen molar-refractivity contribution in [1.29, 1.82) is 0 Å². The Bertz CT molecular complexity index is 733. The molecule has 3 nitrogen and oxygen atoms in total. The first-order chi connectivity index (χ1) is 11.1. The number of hydrogen-bond donors (Lipinski definition) is 0. The highest BCUT2D eigenvalue weighted by atomic mass is 19.1. The second-order valence-corrected chi connectivity index (χ2v) is 5.64. The second kappa shape index (κ2) is 6.36. The van der Waals surface area contributed by atoms with Gasteiger partial charge in [-0.05, 0) is 36.2 Å². The molecule has 0 aromatic heterocycles. The first-order valence-corrected chi connectivity index (χ1v) is 7.47. The lowest BCUT2D eigenvalue weighted by atomic mass is 9.98. The first-order valence-electron chi connectivity index (χ1n) is 7.47. The predicted molar refractivity (Wildman–Crippen MR) is 82.6 cm³/mol. The zero-order valence-corrected chi connectivity index (χ0v) is 12.8. The van der Waals surface area contributed by atoms with Gasteiger partial charge in [0, 0.05) is 25.1 Å². The SMILES string of the molecule is COc1ccc(C(=O)N2CC[C@@H](c3cccc(F)c3)C2)c(F)c1. The summed E-state index contributed by atoms with van der Waals surface area (Å²) < 4.78 is 32.3. The van der Waals surface area contributed by atoms with Crippen LogP contribution in [0.3, 0.4) is 0 Å². The fourth-order valence-electron chi connectivity index (χ4n) is 2.94. The highest BCUT2D eigenvalue weighted by Gasteiger charge is 2.29. The van der Waals surface area contributed by atoms with Gasteiger partial charge in [0.25, 0.3) is 5.91 Å². The first kappa shape index (κ1) is 15.5. The number of nitrogens with zero attached hydrogens (tertiary/aromatic N) is 1. The van der Waals surface area contributed by atoms with Crippen molar-refractivity contribution in [1.82, 2.24) is 4.90 Å². The van der Waals surface area contributed by atoms with Gasteiger partial charge in [-0.15, -0.1) is 0 Å². The number of likely N-dealkylation sites (tertiary alicyclic amines) is 1. The van der Waals surface area contributed by atoms with Crippen molar-refractivity contribution >= 4 is 5.91 Å². The maximum atomic E-state index is 14.0. The number of halogens is 2. The molecular formula is C18H17F2NO2. The van der Waals surface area contributed by atoms with Crippen molar-refractivity contribution in [3.8, 4) is 5.75 Å². The third-order valence-corrected chi connectivity index (χ3v) is 4.20. The fraction of sp³-hybridized carbons (Fsp3) is 0.278. The lowest BCUT2D eigenvalue weighted by Gasteiger charge is -2.17. The summed E-state index contributed by atoms with van der Waals surface area (Å²) in [5.74, 6) is -0.768. The molecule has 1 aliphatic rings. The number of hydrogen-bond acceptors (Lipinski definition) is 2. The number of carbonyl (C=O) groups excluding carboxylic acids is 1. The summed E-state index contributed by atoms with van der Waals surface area (Å²) in [6, 6.07) is 10.6. The smallest absolute Gasteiger partial charge is 0.256 e. The Balaban J connectivity index is 1.75. The normalized spacial score (nSPS) is 17.3. The maximum absolute atomic E-state index is 14.0. The Kier molecular flexibility index (Phi) is 4.28. The Hall–Kier alpha value is -2.43. The van der Waals surface area contributed by atoms with E-state index in [4.69, 9.17) is 4.74 Å². The summed E-state index contributed by atoms with van der Waals surface area (Å²) in [4.78, 5) is 14.1. The van der Waals surface area contributed by atoms with E-state index >= 15 is 0 Å². The van der Waals surface area contributed by atoms with E-state index in [0.29, 0.717) is 18.8 Å². The van der Waals surface area contributed by atoms with Crippen LogP contribution in [0.15, 0.2) is 42.5 Å². The summed E-state index contributed by atoms with van der Waals surface area (Å²) in [7, 11) is 1.44. The number of ether oxygens (including phenoxy) is 1. The molecule has 1 amide bonds. The molecule has 3 rings (SSSR count). The average molecular weight is 317 g/mol. The molecule has 0 saturated carbocycles. The molecule has 0 aliphatic carbocycles. The highest BCUT2D eigenvalue weighted by molar-refractivity contribution is 5.94. The van der Waals surface area contributed by atoms with Crippen molar-refractivity contribution < 1.29 is 18.3 Å². The monoisotopic (exact) mass is 317 g/mol. The van der Waals surface area contributed by atoms with Crippen molar-refractivity contribution in [2.24, 2.45) is 0 Å². The Morgan fingerprint density at radius 1 is 1.22 bits per heavy atom. The van der Waals surface area contributed by atoms with E-state index in [0.717, 1.165) is 12.0 Å². The van der Waals surface area contributed by atoms with Crippen LogP contribution in [-0.2, 0) is 0 Å². The van der Waals surface area contributed by atoms with Crippen LogP contribution in [0.4, 0.5) is 8.78 Å². The van der Waals surface area contributed by atoms with E-state index in [-0.39, 0.29) is 23.2 Å². The minimum atomic E-state index is -0.594. The summed E-state index contributed by atoms with van der Waals surface area (Å²) >= 11 is 0. The van der Waals surface area contributed by atoms with Crippen LogP contribution < -0.4 is 4.74 Å². The molecule has 1 atom stereocenters. The Morgan fingerprint density at radius 3 is 2.74 bits per heavy atom. The van der Waals surface area contributed by atoms with Crippen LogP contribution in [0.25, 0.3) is 0 Å². The summed E-state index contributed by atoms with van der Waals surface area (Å²) in [6.07, 6.45) is 0.743. The van der Waals surface area contributed by atoms with Crippen molar-refractivity contribution in [3.05, 3.63) is 65.2 Å². The third-order valence-electron chi connectivity index (χ3n) is 4.20. The van der Waals surface area contributed by atoms with Gasteiger partial charge in [0.15, 0.2) is 0 Å². The third kappa shape index (κ3) is 3.18. The second-order valence-electron chi connectivity index (χ2n) is 5.64.